The molecule has 8 heteroatoms. The molecule has 0 aromatic heterocycles. The van der Waals surface area contributed by atoms with Crippen LogP contribution >= 0.6 is 0 Å². The van der Waals surface area contributed by atoms with Gasteiger partial charge in [0.05, 0.1) is 30.4 Å². The molecule has 0 bridgehead atoms. The predicted molar refractivity (Wildman–Crippen MR) is 134 cm³/mol. The fourth-order valence-electron chi connectivity index (χ4n) is 5.20. The smallest absolute Gasteiger partial charge is 0.256 e. The summed E-state index contributed by atoms with van der Waals surface area (Å²) in [6, 6.07) is 14.0. The fraction of sp³-hybridized carbons (Fsp3) is 0.481. The molecule has 186 valence electrons. The van der Waals surface area contributed by atoms with Crippen LogP contribution in [0.3, 0.4) is 0 Å². The number of aliphatic hydroxyl groups is 1. The van der Waals surface area contributed by atoms with Crippen LogP contribution in [0.25, 0.3) is 0 Å². The van der Waals surface area contributed by atoms with Crippen molar-refractivity contribution in [3.8, 4) is 5.75 Å². The number of anilines is 1. The van der Waals surface area contributed by atoms with Gasteiger partial charge in [-0.25, -0.2) is 0 Å². The van der Waals surface area contributed by atoms with E-state index in [9.17, 15) is 14.7 Å². The van der Waals surface area contributed by atoms with Gasteiger partial charge in [0, 0.05) is 59.3 Å². The number of fused-ring (bicyclic) bond motifs is 2. The molecule has 5 rings (SSSR count). The maximum Gasteiger partial charge on any atom is 0.256 e. The highest BCUT2D eigenvalue weighted by molar-refractivity contribution is 6.00. The summed E-state index contributed by atoms with van der Waals surface area (Å²) < 4.78 is 6.03. The van der Waals surface area contributed by atoms with Crippen molar-refractivity contribution in [1.29, 1.82) is 0 Å². The summed E-state index contributed by atoms with van der Waals surface area (Å²) in [6.45, 7) is 6.59. The van der Waals surface area contributed by atoms with Gasteiger partial charge in [0.1, 0.15) is 11.9 Å². The molecule has 2 aromatic rings. The van der Waals surface area contributed by atoms with Crippen molar-refractivity contribution in [3.05, 3.63) is 59.2 Å². The Kier molecular flexibility index (Phi) is 6.67. The Bertz CT molecular complexity index is 1100. The quantitative estimate of drug-likeness (QED) is 0.680. The standard InChI is InChI=1S/C27H34N4O4/c1-19(32)31-17-24(18-31)35-23-7-8-25-26(13-23)28(2)11-12-30(27(25)34)16-22(33)15-29-10-9-20-5-3-4-6-21(20)14-29/h3-8,13,22,24,33H,9-12,14-18H2,1-2H3. The van der Waals surface area contributed by atoms with Crippen LogP contribution in [0.5, 0.6) is 5.75 Å². The van der Waals surface area contributed by atoms with Crippen molar-refractivity contribution in [2.24, 2.45) is 0 Å². The molecule has 2 amide bonds. The highest BCUT2D eigenvalue weighted by atomic mass is 16.5. The molecule has 8 nitrogen and oxygen atoms in total. The van der Waals surface area contributed by atoms with Crippen molar-refractivity contribution >= 4 is 17.5 Å². The Labute approximate surface area is 206 Å². The second kappa shape index (κ2) is 9.87. The normalized spacial score (nSPS) is 19.5. The van der Waals surface area contributed by atoms with E-state index in [2.05, 4.69) is 34.1 Å². The molecule has 3 aliphatic rings. The number of β-amino-alcohol motifs (C(OH)–C–C–N with tert-alkyl or cyclic N) is 1. The lowest BCUT2D eigenvalue weighted by atomic mass is 10.00. The lowest BCUT2D eigenvalue weighted by Crippen LogP contribution is -2.55. The number of amides is 2. The third-order valence-electron chi connectivity index (χ3n) is 7.31. The summed E-state index contributed by atoms with van der Waals surface area (Å²) >= 11 is 0. The second-order valence-electron chi connectivity index (χ2n) is 9.92. The number of carbonyl (C=O) groups is 2. The van der Waals surface area contributed by atoms with Gasteiger partial charge in [0.15, 0.2) is 0 Å². The predicted octanol–water partition coefficient (Wildman–Crippen LogP) is 1.61. The first-order valence-electron chi connectivity index (χ1n) is 12.4. The lowest BCUT2D eigenvalue weighted by molar-refractivity contribution is -0.137. The number of likely N-dealkylation sites (tertiary alicyclic amines) is 1. The third kappa shape index (κ3) is 5.13. The molecule has 35 heavy (non-hydrogen) atoms. The van der Waals surface area contributed by atoms with Gasteiger partial charge in [-0.2, -0.15) is 0 Å². The zero-order chi connectivity index (χ0) is 24.5. The van der Waals surface area contributed by atoms with Crippen molar-refractivity contribution in [1.82, 2.24) is 14.7 Å². The van der Waals surface area contributed by atoms with Crippen molar-refractivity contribution in [3.63, 3.8) is 0 Å². The summed E-state index contributed by atoms with van der Waals surface area (Å²) in [5.74, 6) is 0.699. The first kappa shape index (κ1) is 23.6. The number of hydrogen-bond acceptors (Lipinski definition) is 6. The largest absolute Gasteiger partial charge is 0.487 e. The van der Waals surface area contributed by atoms with Crippen LogP contribution < -0.4 is 9.64 Å². The van der Waals surface area contributed by atoms with Crippen LogP contribution in [0.15, 0.2) is 42.5 Å². The molecule has 1 N–H and O–H groups in total. The summed E-state index contributed by atoms with van der Waals surface area (Å²) in [4.78, 5) is 32.6. The van der Waals surface area contributed by atoms with Crippen LogP contribution in [0.1, 0.15) is 28.4 Å². The Balaban J connectivity index is 1.21. The molecule has 0 radical (unpaired) electrons. The Hall–Kier alpha value is -3.10. The molecule has 0 spiro atoms. The minimum absolute atomic E-state index is 0.0165. The highest BCUT2D eigenvalue weighted by Gasteiger charge is 2.32. The zero-order valence-corrected chi connectivity index (χ0v) is 20.5. The highest BCUT2D eigenvalue weighted by Crippen LogP contribution is 2.30. The molecule has 1 fully saturated rings. The van der Waals surface area contributed by atoms with E-state index >= 15 is 0 Å². The van der Waals surface area contributed by atoms with Crippen LogP contribution in [-0.4, -0.2) is 96.7 Å². The minimum Gasteiger partial charge on any atom is -0.487 e. The molecule has 3 heterocycles. The van der Waals surface area contributed by atoms with Crippen molar-refractivity contribution in [2.45, 2.75) is 32.1 Å². The van der Waals surface area contributed by atoms with Crippen LogP contribution in [-0.2, 0) is 17.8 Å². The maximum absolute atomic E-state index is 13.4. The van der Waals surface area contributed by atoms with Gasteiger partial charge in [-0.05, 0) is 29.7 Å². The summed E-state index contributed by atoms with van der Waals surface area (Å²) in [6.07, 6.45) is 0.362. The van der Waals surface area contributed by atoms with Crippen molar-refractivity contribution < 1.29 is 19.4 Å². The molecule has 2 aromatic carbocycles. The van der Waals surface area contributed by atoms with Crippen LogP contribution in [0.2, 0.25) is 0 Å². The molecule has 3 aliphatic heterocycles. The summed E-state index contributed by atoms with van der Waals surface area (Å²) in [5.41, 5.74) is 4.16. The SMILES string of the molecule is CC(=O)N1CC(Oc2ccc3c(c2)N(C)CCN(CC(O)CN2CCc4ccccc4C2)C3=O)C1. The van der Waals surface area contributed by atoms with Gasteiger partial charge in [-0.1, -0.05) is 24.3 Å². The summed E-state index contributed by atoms with van der Waals surface area (Å²) in [7, 11) is 1.97. The summed E-state index contributed by atoms with van der Waals surface area (Å²) in [5, 5.41) is 10.9. The third-order valence-corrected chi connectivity index (χ3v) is 7.31. The minimum atomic E-state index is -0.610. The zero-order valence-electron chi connectivity index (χ0n) is 20.5. The van der Waals surface area contributed by atoms with Crippen LogP contribution in [0.4, 0.5) is 5.69 Å². The van der Waals surface area contributed by atoms with Gasteiger partial charge < -0.3 is 24.5 Å². The molecule has 1 unspecified atom stereocenters. The first-order valence-corrected chi connectivity index (χ1v) is 12.4. The monoisotopic (exact) mass is 478 g/mol. The molecular weight excluding hydrogens is 444 g/mol. The van der Waals surface area contributed by atoms with E-state index in [1.165, 1.54) is 11.1 Å². The van der Waals surface area contributed by atoms with E-state index in [4.69, 9.17) is 4.74 Å². The molecule has 1 saturated heterocycles. The number of hydrogen-bond donors (Lipinski definition) is 1. The average molecular weight is 479 g/mol. The van der Waals surface area contributed by atoms with Gasteiger partial charge in [-0.3, -0.25) is 14.5 Å². The topological polar surface area (TPSA) is 76.6 Å². The number of ether oxygens (including phenoxy) is 1. The number of benzene rings is 2. The van der Waals surface area contributed by atoms with E-state index in [1.54, 1.807) is 16.7 Å². The Morgan fingerprint density at radius 3 is 2.63 bits per heavy atom. The number of rotatable bonds is 6. The molecule has 1 atom stereocenters. The molecular formula is C27H34N4O4. The maximum atomic E-state index is 13.4. The first-order chi connectivity index (χ1) is 16.9. The Morgan fingerprint density at radius 1 is 1.09 bits per heavy atom. The lowest BCUT2D eigenvalue weighted by Gasteiger charge is -2.38. The number of nitrogens with zero attached hydrogens (tertiary/aromatic N) is 4. The Morgan fingerprint density at radius 2 is 1.86 bits per heavy atom. The van der Waals surface area contributed by atoms with E-state index in [0.717, 1.165) is 25.2 Å². The van der Waals surface area contributed by atoms with Gasteiger partial charge in [-0.15, -0.1) is 0 Å². The average Bonchev–Trinajstić information content (AvgIpc) is 2.92. The van der Waals surface area contributed by atoms with E-state index < -0.39 is 6.10 Å². The number of likely N-dealkylation sites (N-methyl/N-ethyl adjacent to an activating group) is 1. The van der Waals surface area contributed by atoms with Crippen molar-refractivity contribution in [2.75, 3.05) is 57.8 Å². The van der Waals surface area contributed by atoms with E-state index in [-0.39, 0.29) is 17.9 Å². The molecule has 0 saturated carbocycles. The van der Waals surface area contributed by atoms with E-state index in [1.807, 2.05) is 25.2 Å². The number of aliphatic hydroxyl groups excluding tert-OH is 1. The molecule has 0 aliphatic carbocycles. The van der Waals surface area contributed by atoms with Crippen LogP contribution in [0, 0.1) is 0 Å². The number of carbonyl (C=O) groups excluding carboxylic acids is 2. The van der Waals surface area contributed by atoms with Gasteiger partial charge >= 0.3 is 0 Å². The van der Waals surface area contributed by atoms with Gasteiger partial charge in [0.2, 0.25) is 5.91 Å². The van der Waals surface area contributed by atoms with E-state index in [0.29, 0.717) is 50.6 Å². The second-order valence-corrected chi connectivity index (χ2v) is 9.92. The van der Waals surface area contributed by atoms with Gasteiger partial charge in [0.25, 0.3) is 5.91 Å². The fourth-order valence-corrected chi connectivity index (χ4v) is 5.20.